The van der Waals surface area contributed by atoms with Crippen molar-refractivity contribution in [3.8, 4) is 0 Å². The van der Waals surface area contributed by atoms with E-state index in [4.69, 9.17) is 0 Å². The highest BCUT2D eigenvalue weighted by Gasteiger charge is 2.65. The van der Waals surface area contributed by atoms with Crippen LogP contribution in [0.4, 0.5) is 0 Å². The zero-order valence-electron chi connectivity index (χ0n) is 18.3. The molecule has 1 unspecified atom stereocenters. The molecule has 1 N–H and O–H groups in total. The van der Waals surface area contributed by atoms with Crippen LogP contribution in [0.3, 0.4) is 0 Å². The summed E-state index contributed by atoms with van der Waals surface area (Å²) in [4.78, 5) is 17.5. The van der Waals surface area contributed by atoms with Gasteiger partial charge < -0.3 is 10.0 Å². The van der Waals surface area contributed by atoms with E-state index in [9.17, 15) is 9.90 Å². The fourth-order valence-electron chi connectivity index (χ4n) is 7.53. The molecule has 6 atom stereocenters. The van der Waals surface area contributed by atoms with Gasteiger partial charge in [-0.1, -0.05) is 24.3 Å². The van der Waals surface area contributed by atoms with E-state index in [1.165, 1.54) is 32.1 Å². The molecule has 4 heteroatoms. The van der Waals surface area contributed by atoms with Gasteiger partial charge in [-0.15, -0.1) is 0 Å². The number of rotatable bonds is 1. The van der Waals surface area contributed by atoms with E-state index in [-0.39, 0.29) is 11.5 Å². The highest BCUT2D eigenvalue weighted by atomic mass is 16.3. The standard InChI is InChI=1S/C26H38N2O2/c29-19-21-17-26(30)13-8-4-1-2-5-9-14-27-16-12-23(21)25(20-27)18-22-11-7-3-6-10-15-28(22)24(25)26/h1,4,7,11,17,19,22-24,30H,2-3,5-6,8-10,12-16,18,20H2/t22-,23-,24+,25-,26-/m0/s1. The number of hydrogen-bond donors (Lipinski definition) is 1. The Hall–Kier alpha value is -1.23. The quantitative estimate of drug-likeness (QED) is 0.526. The van der Waals surface area contributed by atoms with Crippen molar-refractivity contribution in [1.29, 1.82) is 0 Å². The molecule has 4 aliphatic heterocycles. The van der Waals surface area contributed by atoms with E-state index in [0.717, 1.165) is 63.7 Å². The van der Waals surface area contributed by atoms with Gasteiger partial charge in [-0.2, -0.15) is 0 Å². The lowest BCUT2D eigenvalue weighted by atomic mass is 9.55. The topological polar surface area (TPSA) is 43.8 Å². The van der Waals surface area contributed by atoms with Gasteiger partial charge in [0.05, 0.1) is 11.6 Å². The lowest BCUT2D eigenvalue weighted by Gasteiger charge is -2.57. The van der Waals surface area contributed by atoms with E-state index in [1.54, 1.807) is 0 Å². The minimum atomic E-state index is -0.921. The van der Waals surface area contributed by atoms with Crippen molar-refractivity contribution in [3.05, 3.63) is 36.0 Å². The largest absolute Gasteiger partial charge is 0.384 e. The lowest BCUT2D eigenvalue weighted by molar-refractivity contribution is -0.114. The minimum Gasteiger partial charge on any atom is -0.384 e. The summed E-state index contributed by atoms with van der Waals surface area (Å²) in [5.74, 6) is 0.291. The summed E-state index contributed by atoms with van der Waals surface area (Å²) in [6, 6.07) is 0.510. The summed E-state index contributed by atoms with van der Waals surface area (Å²) in [7, 11) is 0. The van der Waals surface area contributed by atoms with E-state index in [2.05, 4.69) is 34.1 Å². The molecule has 5 rings (SSSR count). The number of allylic oxidation sites excluding steroid dienone is 4. The number of carbonyl (C=O) groups is 1. The van der Waals surface area contributed by atoms with E-state index in [0.29, 0.717) is 18.4 Å². The number of aliphatic hydroxyl groups is 1. The first-order valence-electron chi connectivity index (χ1n) is 12.4. The molecule has 0 aromatic carbocycles. The third-order valence-electron chi connectivity index (χ3n) is 8.63. The van der Waals surface area contributed by atoms with Gasteiger partial charge >= 0.3 is 0 Å². The second kappa shape index (κ2) is 8.37. The van der Waals surface area contributed by atoms with Gasteiger partial charge in [0.1, 0.15) is 6.29 Å². The van der Waals surface area contributed by atoms with Gasteiger partial charge in [0, 0.05) is 18.0 Å². The molecule has 1 spiro atoms. The first-order chi connectivity index (χ1) is 14.7. The van der Waals surface area contributed by atoms with Gasteiger partial charge in [0.2, 0.25) is 0 Å². The highest BCUT2D eigenvalue weighted by molar-refractivity contribution is 5.76. The average Bonchev–Trinajstić information content (AvgIpc) is 3.01. The van der Waals surface area contributed by atoms with Crippen molar-refractivity contribution in [2.24, 2.45) is 11.3 Å². The number of fused-ring (bicyclic) bond motifs is 2. The molecule has 30 heavy (non-hydrogen) atoms. The zero-order valence-corrected chi connectivity index (χ0v) is 18.3. The molecular weight excluding hydrogens is 372 g/mol. The van der Waals surface area contributed by atoms with Crippen LogP contribution < -0.4 is 0 Å². The smallest absolute Gasteiger partial charge is 0.146 e. The Bertz CT molecular complexity index is 743. The van der Waals surface area contributed by atoms with E-state index >= 15 is 0 Å². The van der Waals surface area contributed by atoms with Crippen molar-refractivity contribution in [2.45, 2.75) is 81.9 Å². The Kier molecular flexibility index (Phi) is 5.76. The van der Waals surface area contributed by atoms with E-state index < -0.39 is 5.60 Å². The van der Waals surface area contributed by atoms with Crippen molar-refractivity contribution in [3.63, 3.8) is 0 Å². The average molecular weight is 411 g/mol. The van der Waals surface area contributed by atoms with Crippen LogP contribution in [0.1, 0.15) is 64.2 Å². The molecule has 4 nitrogen and oxygen atoms in total. The molecule has 3 bridgehead atoms. The predicted molar refractivity (Wildman–Crippen MR) is 120 cm³/mol. The molecule has 0 amide bonds. The zero-order chi connectivity index (χ0) is 20.6. The van der Waals surface area contributed by atoms with Gasteiger partial charge in [-0.05, 0) is 101 Å². The van der Waals surface area contributed by atoms with Crippen LogP contribution in [0.5, 0.6) is 0 Å². The summed E-state index contributed by atoms with van der Waals surface area (Å²) < 4.78 is 0. The van der Waals surface area contributed by atoms with Gasteiger partial charge in [-0.25, -0.2) is 0 Å². The SMILES string of the molecule is O=CC1=C[C@@]2(O)CCC=CCCCCN3CC[C@@H]1[C@]1(C[C@@H]4C=CCCCCN4[C@H]12)C3. The fraction of sp³-hybridized carbons (Fsp3) is 0.731. The van der Waals surface area contributed by atoms with Crippen LogP contribution in [0.2, 0.25) is 0 Å². The Labute approximate surface area is 181 Å². The highest BCUT2D eigenvalue weighted by Crippen LogP contribution is 2.59. The third kappa shape index (κ3) is 3.45. The van der Waals surface area contributed by atoms with Crippen molar-refractivity contribution < 1.29 is 9.90 Å². The minimum absolute atomic E-state index is 0.0187. The van der Waals surface area contributed by atoms with Gasteiger partial charge in [0.15, 0.2) is 0 Å². The summed E-state index contributed by atoms with van der Waals surface area (Å²) in [6.45, 7) is 4.33. The fourth-order valence-corrected chi connectivity index (χ4v) is 7.53. The Morgan fingerprint density at radius 2 is 1.80 bits per heavy atom. The van der Waals surface area contributed by atoms with Gasteiger partial charge in [-0.3, -0.25) is 9.69 Å². The number of aldehydes is 1. The summed E-state index contributed by atoms with van der Waals surface area (Å²) >= 11 is 0. The van der Waals surface area contributed by atoms with E-state index in [1.807, 2.05) is 6.08 Å². The molecule has 1 aliphatic carbocycles. The molecular formula is C26H38N2O2. The Morgan fingerprint density at radius 1 is 1.00 bits per heavy atom. The predicted octanol–water partition coefficient (Wildman–Crippen LogP) is 3.87. The van der Waals surface area contributed by atoms with Crippen molar-refractivity contribution in [2.75, 3.05) is 26.2 Å². The van der Waals surface area contributed by atoms with Crippen LogP contribution >= 0.6 is 0 Å². The molecule has 5 aliphatic rings. The molecule has 4 heterocycles. The molecule has 0 radical (unpaired) electrons. The maximum absolute atomic E-state index is 12.2. The van der Waals surface area contributed by atoms with Crippen molar-refractivity contribution in [1.82, 2.24) is 9.80 Å². The Balaban J connectivity index is 1.63. The number of carbonyl (C=O) groups excluding carboxylic acids is 1. The maximum Gasteiger partial charge on any atom is 0.146 e. The first-order valence-corrected chi connectivity index (χ1v) is 12.4. The molecule has 0 aromatic rings. The summed E-state index contributed by atoms with van der Waals surface area (Å²) in [5.41, 5.74) is -0.0582. The number of nitrogens with zero attached hydrogens (tertiary/aromatic N) is 2. The van der Waals surface area contributed by atoms with Crippen LogP contribution in [-0.4, -0.2) is 65.1 Å². The Morgan fingerprint density at radius 3 is 2.67 bits per heavy atom. The molecule has 164 valence electrons. The molecule has 2 fully saturated rings. The van der Waals surface area contributed by atoms with Gasteiger partial charge in [0.25, 0.3) is 0 Å². The molecule has 2 saturated heterocycles. The lowest BCUT2D eigenvalue weighted by Crippen LogP contribution is -2.66. The summed E-state index contributed by atoms with van der Waals surface area (Å²) in [5, 5.41) is 12.2. The summed E-state index contributed by atoms with van der Waals surface area (Å²) in [6.07, 6.45) is 23.4. The molecule has 0 aromatic heterocycles. The van der Waals surface area contributed by atoms with Crippen molar-refractivity contribution >= 4 is 6.29 Å². The normalized spacial score (nSPS) is 44.5. The van der Waals surface area contributed by atoms with Crippen LogP contribution in [0, 0.1) is 11.3 Å². The van der Waals surface area contributed by atoms with Crippen LogP contribution in [-0.2, 0) is 4.79 Å². The van der Waals surface area contributed by atoms with Crippen LogP contribution in [0.25, 0.3) is 0 Å². The maximum atomic E-state index is 12.2. The number of piperidine rings is 1. The second-order valence-electron chi connectivity index (χ2n) is 10.4. The number of hydrogen-bond acceptors (Lipinski definition) is 4. The molecule has 0 saturated carbocycles. The van der Waals surface area contributed by atoms with Crippen LogP contribution in [0.15, 0.2) is 36.0 Å². The first kappa shape index (κ1) is 20.7. The second-order valence-corrected chi connectivity index (χ2v) is 10.4. The third-order valence-corrected chi connectivity index (χ3v) is 8.63. The monoisotopic (exact) mass is 410 g/mol.